The molecular formula is C16H24BrClN2. The van der Waals surface area contributed by atoms with E-state index in [2.05, 4.69) is 46.1 Å². The highest BCUT2D eigenvalue weighted by atomic mass is 79.9. The molecule has 1 aromatic carbocycles. The Morgan fingerprint density at radius 2 is 2.05 bits per heavy atom. The third-order valence-electron chi connectivity index (χ3n) is 4.42. The lowest BCUT2D eigenvalue weighted by molar-refractivity contribution is 0.183. The predicted molar refractivity (Wildman–Crippen MR) is 91.8 cm³/mol. The summed E-state index contributed by atoms with van der Waals surface area (Å²) in [6.07, 6.45) is 2.55. The van der Waals surface area contributed by atoms with Crippen LogP contribution in [0.2, 0.25) is 5.02 Å². The summed E-state index contributed by atoms with van der Waals surface area (Å²) in [6, 6.07) is 4.58. The maximum Gasteiger partial charge on any atom is 0.0501 e. The van der Waals surface area contributed by atoms with Crippen LogP contribution in [-0.4, -0.2) is 30.6 Å². The second-order valence-electron chi connectivity index (χ2n) is 5.79. The number of nitrogens with one attached hydrogen (secondary N) is 1. The number of anilines is 1. The van der Waals surface area contributed by atoms with E-state index in [1.807, 2.05) is 13.0 Å². The van der Waals surface area contributed by atoms with Gasteiger partial charge in [0.2, 0.25) is 0 Å². The zero-order valence-electron chi connectivity index (χ0n) is 12.5. The van der Waals surface area contributed by atoms with E-state index in [-0.39, 0.29) is 0 Å². The van der Waals surface area contributed by atoms with Crippen LogP contribution in [-0.2, 0) is 0 Å². The molecule has 1 atom stereocenters. The molecule has 1 heterocycles. The van der Waals surface area contributed by atoms with Crippen LogP contribution in [0.5, 0.6) is 0 Å². The van der Waals surface area contributed by atoms with E-state index in [9.17, 15) is 0 Å². The number of benzene rings is 1. The maximum atomic E-state index is 6.23. The highest BCUT2D eigenvalue weighted by Gasteiger charge is 2.23. The van der Waals surface area contributed by atoms with Gasteiger partial charge in [-0.3, -0.25) is 0 Å². The Morgan fingerprint density at radius 3 is 2.65 bits per heavy atom. The molecule has 1 aliphatic rings. The van der Waals surface area contributed by atoms with Crippen molar-refractivity contribution in [1.29, 1.82) is 0 Å². The first-order valence-corrected chi connectivity index (χ1v) is 8.63. The Labute approximate surface area is 136 Å². The molecule has 0 radical (unpaired) electrons. The molecule has 0 aromatic heterocycles. The van der Waals surface area contributed by atoms with Gasteiger partial charge >= 0.3 is 0 Å². The van der Waals surface area contributed by atoms with Crippen molar-refractivity contribution < 1.29 is 0 Å². The number of likely N-dealkylation sites (tertiary alicyclic amines) is 1. The summed E-state index contributed by atoms with van der Waals surface area (Å²) in [6.45, 7) is 10.2. The SMILES string of the molecule is CCN1CCC(C(C)Nc2cc(Cl)c(C)cc2Br)CC1. The number of hydrogen-bond donors (Lipinski definition) is 1. The Morgan fingerprint density at radius 1 is 1.40 bits per heavy atom. The van der Waals surface area contributed by atoms with Gasteiger partial charge in [0, 0.05) is 15.5 Å². The summed E-state index contributed by atoms with van der Waals surface area (Å²) in [7, 11) is 0. The summed E-state index contributed by atoms with van der Waals surface area (Å²) >= 11 is 9.85. The van der Waals surface area contributed by atoms with Gasteiger partial charge in [-0.1, -0.05) is 18.5 Å². The van der Waals surface area contributed by atoms with Gasteiger partial charge in [0.15, 0.2) is 0 Å². The summed E-state index contributed by atoms with van der Waals surface area (Å²) in [5.74, 6) is 0.741. The third kappa shape index (κ3) is 3.90. The summed E-state index contributed by atoms with van der Waals surface area (Å²) in [5, 5.41) is 4.45. The Bertz CT molecular complexity index is 456. The summed E-state index contributed by atoms with van der Waals surface area (Å²) in [5.41, 5.74) is 2.21. The van der Waals surface area contributed by atoms with Crippen LogP contribution >= 0.6 is 27.5 Å². The number of hydrogen-bond acceptors (Lipinski definition) is 2. The van der Waals surface area contributed by atoms with Crippen molar-refractivity contribution in [2.45, 2.75) is 39.7 Å². The lowest BCUT2D eigenvalue weighted by Crippen LogP contribution is -2.39. The minimum Gasteiger partial charge on any atom is -0.381 e. The van der Waals surface area contributed by atoms with Gasteiger partial charge in [0.25, 0.3) is 0 Å². The molecular weight excluding hydrogens is 336 g/mol. The average molecular weight is 360 g/mol. The number of nitrogens with zero attached hydrogens (tertiary/aromatic N) is 1. The van der Waals surface area contributed by atoms with Gasteiger partial charge in [0.05, 0.1) is 5.69 Å². The molecule has 1 unspecified atom stereocenters. The van der Waals surface area contributed by atoms with E-state index < -0.39 is 0 Å². The molecule has 0 saturated carbocycles. The van der Waals surface area contributed by atoms with Crippen molar-refractivity contribution in [3.63, 3.8) is 0 Å². The normalized spacial score (nSPS) is 19.1. The Hall–Kier alpha value is -0.250. The molecule has 1 aromatic rings. The molecule has 1 aliphatic heterocycles. The van der Waals surface area contributed by atoms with Gasteiger partial charge in [-0.05, 0) is 85.9 Å². The maximum absolute atomic E-state index is 6.23. The van der Waals surface area contributed by atoms with E-state index in [1.165, 1.54) is 32.5 Å². The number of piperidine rings is 1. The minimum absolute atomic E-state index is 0.476. The van der Waals surface area contributed by atoms with E-state index >= 15 is 0 Å². The number of rotatable bonds is 4. The van der Waals surface area contributed by atoms with Crippen molar-refractivity contribution in [3.05, 3.63) is 27.2 Å². The molecule has 112 valence electrons. The molecule has 0 amide bonds. The lowest BCUT2D eigenvalue weighted by atomic mass is 9.90. The first-order valence-electron chi connectivity index (χ1n) is 7.45. The van der Waals surface area contributed by atoms with Crippen molar-refractivity contribution in [1.82, 2.24) is 4.90 Å². The zero-order chi connectivity index (χ0) is 14.7. The molecule has 0 aliphatic carbocycles. The number of halogens is 2. The molecule has 2 nitrogen and oxygen atoms in total. The van der Waals surface area contributed by atoms with Crippen LogP contribution in [0.15, 0.2) is 16.6 Å². The molecule has 4 heteroatoms. The van der Waals surface area contributed by atoms with Crippen LogP contribution < -0.4 is 5.32 Å². The molecule has 0 bridgehead atoms. The molecule has 1 fully saturated rings. The van der Waals surface area contributed by atoms with Crippen molar-refractivity contribution >= 4 is 33.2 Å². The number of aryl methyl sites for hydroxylation is 1. The second-order valence-corrected chi connectivity index (χ2v) is 7.05. The fraction of sp³-hybridized carbons (Fsp3) is 0.625. The largest absolute Gasteiger partial charge is 0.381 e. The average Bonchev–Trinajstić information content (AvgIpc) is 2.44. The quantitative estimate of drug-likeness (QED) is 0.819. The van der Waals surface area contributed by atoms with E-state index in [4.69, 9.17) is 11.6 Å². The molecule has 1 saturated heterocycles. The van der Waals surface area contributed by atoms with E-state index in [0.29, 0.717) is 6.04 Å². The van der Waals surface area contributed by atoms with Gasteiger partial charge in [-0.25, -0.2) is 0 Å². The Balaban J connectivity index is 1.98. The minimum atomic E-state index is 0.476. The Kier molecular flexibility index (Phi) is 5.76. The highest BCUT2D eigenvalue weighted by Crippen LogP contribution is 2.31. The van der Waals surface area contributed by atoms with E-state index in [1.54, 1.807) is 0 Å². The van der Waals surface area contributed by atoms with Gasteiger partial charge in [0.1, 0.15) is 0 Å². The van der Waals surface area contributed by atoms with Crippen LogP contribution in [0.25, 0.3) is 0 Å². The lowest BCUT2D eigenvalue weighted by Gasteiger charge is -2.35. The fourth-order valence-corrected chi connectivity index (χ4v) is 3.63. The second kappa shape index (κ2) is 7.15. The molecule has 0 spiro atoms. The molecule has 20 heavy (non-hydrogen) atoms. The van der Waals surface area contributed by atoms with E-state index in [0.717, 1.165) is 26.7 Å². The van der Waals surface area contributed by atoms with Crippen LogP contribution in [0.1, 0.15) is 32.3 Å². The summed E-state index contributed by atoms with van der Waals surface area (Å²) in [4.78, 5) is 2.53. The first-order chi connectivity index (χ1) is 9.51. The van der Waals surface area contributed by atoms with Gasteiger partial charge < -0.3 is 10.2 Å². The van der Waals surface area contributed by atoms with Crippen LogP contribution in [0.4, 0.5) is 5.69 Å². The van der Waals surface area contributed by atoms with Crippen molar-refractivity contribution in [2.24, 2.45) is 5.92 Å². The monoisotopic (exact) mass is 358 g/mol. The molecule has 1 N–H and O–H groups in total. The third-order valence-corrected chi connectivity index (χ3v) is 5.48. The molecule has 2 rings (SSSR count). The van der Waals surface area contributed by atoms with Gasteiger partial charge in [-0.15, -0.1) is 0 Å². The van der Waals surface area contributed by atoms with Crippen molar-refractivity contribution in [3.8, 4) is 0 Å². The first kappa shape index (κ1) is 16.1. The smallest absolute Gasteiger partial charge is 0.0501 e. The van der Waals surface area contributed by atoms with Crippen LogP contribution in [0, 0.1) is 12.8 Å². The van der Waals surface area contributed by atoms with Gasteiger partial charge in [-0.2, -0.15) is 0 Å². The predicted octanol–water partition coefficient (Wildman–Crippen LogP) is 4.94. The summed E-state index contributed by atoms with van der Waals surface area (Å²) < 4.78 is 1.09. The van der Waals surface area contributed by atoms with Crippen LogP contribution in [0.3, 0.4) is 0 Å². The topological polar surface area (TPSA) is 15.3 Å². The fourth-order valence-electron chi connectivity index (χ4n) is 2.89. The highest BCUT2D eigenvalue weighted by molar-refractivity contribution is 9.10. The standard InChI is InChI=1S/C16H24BrClN2/c1-4-20-7-5-13(6-8-20)12(3)19-16-10-15(18)11(2)9-14(16)17/h9-10,12-13,19H,4-8H2,1-3H3. The van der Waals surface area contributed by atoms with Crippen molar-refractivity contribution in [2.75, 3.05) is 25.0 Å². The zero-order valence-corrected chi connectivity index (χ0v) is 14.9.